The van der Waals surface area contributed by atoms with Crippen LogP contribution in [0.4, 0.5) is 0 Å². The minimum Gasteiger partial charge on any atom is -0.330 e. The van der Waals surface area contributed by atoms with Crippen molar-refractivity contribution in [1.82, 2.24) is 10.6 Å². The summed E-state index contributed by atoms with van der Waals surface area (Å²) in [7, 11) is 0. The highest BCUT2D eigenvalue weighted by atomic mass is 15.0. The number of rotatable bonds is 8. The molecule has 2 unspecified atom stereocenters. The Morgan fingerprint density at radius 1 is 0.857 bits per heavy atom. The fourth-order valence-electron chi connectivity index (χ4n) is 1.77. The fraction of sp³-hybridized carbons (Fsp3) is 1.00. The van der Waals surface area contributed by atoms with E-state index < -0.39 is 0 Å². The summed E-state index contributed by atoms with van der Waals surface area (Å²) in [6.45, 7) is 3.67. The Kier molecular flexibility index (Phi) is 6.10. The molecule has 0 aliphatic heterocycles. The minimum atomic E-state index is 0.666. The molecule has 0 bridgehead atoms. The van der Waals surface area contributed by atoms with E-state index >= 15 is 0 Å². The first-order valence-corrected chi connectivity index (χ1v) is 5.75. The van der Waals surface area contributed by atoms with E-state index in [0.29, 0.717) is 12.1 Å². The van der Waals surface area contributed by atoms with Crippen LogP contribution in [0.3, 0.4) is 0 Å². The largest absolute Gasteiger partial charge is 0.330 e. The molecule has 14 heavy (non-hydrogen) atoms. The van der Waals surface area contributed by atoms with Crippen LogP contribution in [0.1, 0.15) is 25.7 Å². The lowest BCUT2D eigenvalue weighted by molar-refractivity contribution is 0.239. The molecule has 4 nitrogen and oxygen atoms in total. The van der Waals surface area contributed by atoms with Gasteiger partial charge in [0, 0.05) is 12.1 Å². The second-order valence-corrected chi connectivity index (χ2v) is 3.98. The number of hydrogen-bond acceptors (Lipinski definition) is 4. The highest BCUT2D eigenvalue weighted by Gasteiger charge is 2.28. The number of hydrogen-bond donors (Lipinski definition) is 4. The van der Waals surface area contributed by atoms with Crippen molar-refractivity contribution in [2.45, 2.75) is 37.8 Å². The molecule has 1 saturated carbocycles. The van der Waals surface area contributed by atoms with Gasteiger partial charge >= 0.3 is 0 Å². The third-order valence-electron chi connectivity index (χ3n) is 2.85. The van der Waals surface area contributed by atoms with Crippen molar-refractivity contribution >= 4 is 0 Å². The quantitative estimate of drug-likeness (QED) is 0.394. The van der Waals surface area contributed by atoms with Crippen molar-refractivity contribution in [3.05, 3.63) is 0 Å². The standard InChI is InChI=1S/C10H24N4/c11-5-1-7-13-9-3-4-10(9)14-8-2-6-12/h9-10,13-14H,1-8,11-12H2. The summed E-state index contributed by atoms with van der Waals surface area (Å²) < 4.78 is 0. The number of nitrogens with two attached hydrogens (primary N) is 2. The summed E-state index contributed by atoms with van der Waals surface area (Å²) in [6, 6.07) is 1.33. The van der Waals surface area contributed by atoms with Crippen LogP contribution in [0.2, 0.25) is 0 Å². The van der Waals surface area contributed by atoms with E-state index in [2.05, 4.69) is 10.6 Å². The van der Waals surface area contributed by atoms with Crippen LogP contribution in [-0.2, 0) is 0 Å². The molecule has 2 atom stereocenters. The van der Waals surface area contributed by atoms with Gasteiger partial charge in [0.05, 0.1) is 0 Å². The highest BCUT2D eigenvalue weighted by molar-refractivity contribution is 4.92. The lowest BCUT2D eigenvalue weighted by atomic mass is 9.86. The molecule has 1 fully saturated rings. The predicted octanol–water partition coefficient (Wildman–Crippen LogP) is -0.606. The van der Waals surface area contributed by atoms with Crippen LogP contribution in [0.15, 0.2) is 0 Å². The van der Waals surface area contributed by atoms with Gasteiger partial charge in [0.25, 0.3) is 0 Å². The summed E-state index contributed by atoms with van der Waals surface area (Å²) in [6.07, 6.45) is 4.74. The van der Waals surface area contributed by atoms with E-state index in [-0.39, 0.29) is 0 Å². The molecular weight excluding hydrogens is 176 g/mol. The van der Waals surface area contributed by atoms with Crippen molar-refractivity contribution in [3.8, 4) is 0 Å². The van der Waals surface area contributed by atoms with Gasteiger partial charge in [-0.2, -0.15) is 0 Å². The second kappa shape index (κ2) is 7.17. The lowest BCUT2D eigenvalue weighted by Gasteiger charge is -2.38. The van der Waals surface area contributed by atoms with Gasteiger partial charge in [0.1, 0.15) is 0 Å². The fourth-order valence-corrected chi connectivity index (χ4v) is 1.77. The predicted molar refractivity (Wildman–Crippen MR) is 60.2 cm³/mol. The number of nitrogens with one attached hydrogen (secondary N) is 2. The molecule has 0 radical (unpaired) electrons. The van der Waals surface area contributed by atoms with E-state index in [1.54, 1.807) is 0 Å². The van der Waals surface area contributed by atoms with E-state index in [9.17, 15) is 0 Å². The molecule has 0 aromatic carbocycles. The summed E-state index contributed by atoms with van der Waals surface area (Å²) >= 11 is 0. The molecule has 1 aliphatic carbocycles. The molecular formula is C10H24N4. The van der Waals surface area contributed by atoms with Crippen LogP contribution in [0.5, 0.6) is 0 Å². The van der Waals surface area contributed by atoms with Gasteiger partial charge in [0.15, 0.2) is 0 Å². The molecule has 0 spiro atoms. The van der Waals surface area contributed by atoms with Crippen molar-refractivity contribution in [1.29, 1.82) is 0 Å². The van der Waals surface area contributed by atoms with Gasteiger partial charge in [0.2, 0.25) is 0 Å². The van der Waals surface area contributed by atoms with Gasteiger partial charge in [-0.3, -0.25) is 0 Å². The Morgan fingerprint density at radius 3 is 1.57 bits per heavy atom. The second-order valence-electron chi connectivity index (χ2n) is 3.98. The molecule has 0 aromatic rings. The molecule has 6 N–H and O–H groups in total. The average molecular weight is 200 g/mol. The smallest absolute Gasteiger partial charge is 0.0221 e. The Hall–Kier alpha value is -0.160. The van der Waals surface area contributed by atoms with Gasteiger partial charge in [-0.1, -0.05) is 0 Å². The topological polar surface area (TPSA) is 76.1 Å². The maximum Gasteiger partial charge on any atom is 0.0221 e. The first-order chi connectivity index (χ1) is 6.88. The minimum absolute atomic E-state index is 0.666. The van der Waals surface area contributed by atoms with Crippen molar-refractivity contribution in [3.63, 3.8) is 0 Å². The highest BCUT2D eigenvalue weighted by Crippen LogP contribution is 2.19. The van der Waals surface area contributed by atoms with E-state index in [0.717, 1.165) is 39.0 Å². The Balaban J connectivity index is 1.97. The maximum absolute atomic E-state index is 5.44. The SMILES string of the molecule is NCCCNC1CCC1NCCCN. The molecule has 0 amide bonds. The van der Waals surface area contributed by atoms with Crippen LogP contribution >= 0.6 is 0 Å². The molecule has 84 valence electrons. The third-order valence-corrected chi connectivity index (χ3v) is 2.85. The first-order valence-electron chi connectivity index (χ1n) is 5.75. The van der Waals surface area contributed by atoms with Gasteiger partial charge in [-0.15, -0.1) is 0 Å². The van der Waals surface area contributed by atoms with Gasteiger partial charge in [-0.05, 0) is 51.9 Å². The lowest BCUT2D eigenvalue weighted by Crippen LogP contribution is -2.55. The monoisotopic (exact) mass is 200 g/mol. The maximum atomic E-state index is 5.44. The van der Waals surface area contributed by atoms with E-state index in [4.69, 9.17) is 11.5 Å². The molecule has 0 heterocycles. The summed E-state index contributed by atoms with van der Waals surface area (Å²) in [5, 5.41) is 7.05. The van der Waals surface area contributed by atoms with Gasteiger partial charge < -0.3 is 22.1 Å². The van der Waals surface area contributed by atoms with E-state index in [1.807, 2.05) is 0 Å². The molecule has 0 saturated heterocycles. The van der Waals surface area contributed by atoms with Gasteiger partial charge in [-0.25, -0.2) is 0 Å². The third kappa shape index (κ3) is 3.92. The summed E-state index contributed by atoms with van der Waals surface area (Å²) in [5.74, 6) is 0. The zero-order valence-corrected chi connectivity index (χ0v) is 8.97. The average Bonchev–Trinajstić information content (AvgIpc) is 2.17. The molecule has 4 heteroatoms. The van der Waals surface area contributed by atoms with Crippen LogP contribution in [0, 0.1) is 0 Å². The summed E-state index contributed by atoms with van der Waals surface area (Å²) in [5.41, 5.74) is 10.9. The Bertz CT molecular complexity index is 124. The Labute approximate surface area is 86.8 Å². The normalized spacial score (nSPS) is 26.1. The summed E-state index contributed by atoms with van der Waals surface area (Å²) in [4.78, 5) is 0. The zero-order valence-electron chi connectivity index (χ0n) is 8.97. The Morgan fingerprint density at radius 2 is 1.29 bits per heavy atom. The molecule has 1 rings (SSSR count). The van der Waals surface area contributed by atoms with Crippen molar-refractivity contribution < 1.29 is 0 Å². The van der Waals surface area contributed by atoms with Crippen LogP contribution in [0.25, 0.3) is 0 Å². The molecule has 0 aromatic heterocycles. The van der Waals surface area contributed by atoms with Crippen LogP contribution < -0.4 is 22.1 Å². The van der Waals surface area contributed by atoms with Crippen molar-refractivity contribution in [2.75, 3.05) is 26.2 Å². The first kappa shape index (κ1) is 11.9. The van der Waals surface area contributed by atoms with Crippen molar-refractivity contribution in [2.24, 2.45) is 11.5 Å². The van der Waals surface area contributed by atoms with E-state index in [1.165, 1.54) is 12.8 Å². The zero-order chi connectivity index (χ0) is 10.2. The molecule has 1 aliphatic rings. The van der Waals surface area contributed by atoms with Crippen LogP contribution in [-0.4, -0.2) is 38.3 Å².